The van der Waals surface area contributed by atoms with Crippen molar-refractivity contribution in [2.75, 3.05) is 31.1 Å². The highest BCUT2D eigenvalue weighted by atomic mass is 32.2. The zero-order chi connectivity index (χ0) is 22.7. The average Bonchev–Trinajstić information content (AvgIpc) is 3.09. The fourth-order valence-electron chi connectivity index (χ4n) is 4.22. The molecule has 3 heterocycles. The molecule has 32 heavy (non-hydrogen) atoms. The molecule has 0 aliphatic carbocycles. The van der Waals surface area contributed by atoms with Gasteiger partial charge in [0.2, 0.25) is 5.91 Å². The van der Waals surface area contributed by atoms with E-state index in [1.807, 2.05) is 46.5 Å². The van der Waals surface area contributed by atoms with Gasteiger partial charge < -0.3 is 9.80 Å². The van der Waals surface area contributed by atoms with E-state index in [1.165, 1.54) is 4.90 Å². The molecule has 0 bridgehead atoms. The topological polar surface area (TPSA) is 54.3 Å². The third kappa shape index (κ3) is 4.99. The molecule has 0 radical (unpaired) electrons. The number of amides is 1. The van der Waals surface area contributed by atoms with E-state index in [0.717, 1.165) is 54.6 Å². The summed E-state index contributed by atoms with van der Waals surface area (Å²) in [4.78, 5) is 22.9. The first kappa shape index (κ1) is 22.4. The Kier molecular flexibility index (Phi) is 6.84. The van der Waals surface area contributed by atoms with Gasteiger partial charge in [-0.3, -0.25) is 4.79 Å². The number of hydrogen-bond donors (Lipinski definition) is 0. The molecule has 6 nitrogen and oxygen atoms in total. The lowest BCUT2D eigenvalue weighted by molar-refractivity contribution is -0.130. The number of thioether (sulfide) groups is 1. The standard InChI is InChI=1S/C25H31N5OS/c1-18(2)32-22-10-8-21(9-11-22)17-24(31)28-13-15-29(16-14-28)25-19(3)27-30(20(25)4)23-7-5-6-12-26-23/h5-12,18H,13-17H2,1-4H3. The molecule has 0 spiro atoms. The molecule has 3 aromatic rings. The van der Waals surface area contributed by atoms with Gasteiger partial charge in [-0.25, -0.2) is 9.67 Å². The predicted molar refractivity (Wildman–Crippen MR) is 131 cm³/mol. The van der Waals surface area contributed by atoms with Crippen molar-refractivity contribution in [1.29, 1.82) is 0 Å². The Morgan fingerprint density at radius 3 is 2.38 bits per heavy atom. The minimum atomic E-state index is 0.200. The molecule has 0 atom stereocenters. The second-order valence-corrected chi connectivity index (χ2v) is 10.1. The van der Waals surface area contributed by atoms with E-state index in [1.54, 1.807) is 6.20 Å². The van der Waals surface area contributed by atoms with Crippen molar-refractivity contribution in [2.24, 2.45) is 0 Å². The summed E-state index contributed by atoms with van der Waals surface area (Å²) < 4.78 is 1.91. The van der Waals surface area contributed by atoms with Crippen LogP contribution in [0.1, 0.15) is 30.8 Å². The van der Waals surface area contributed by atoms with Gasteiger partial charge in [-0.15, -0.1) is 11.8 Å². The van der Waals surface area contributed by atoms with Gasteiger partial charge in [-0.1, -0.05) is 32.0 Å². The van der Waals surface area contributed by atoms with Crippen LogP contribution in [0.25, 0.3) is 5.82 Å². The molecule has 4 rings (SSSR count). The smallest absolute Gasteiger partial charge is 0.227 e. The van der Waals surface area contributed by atoms with E-state index in [9.17, 15) is 4.79 Å². The second kappa shape index (κ2) is 9.77. The molecule has 1 saturated heterocycles. The third-order valence-corrected chi connectivity index (χ3v) is 6.73. The van der Waals surface area contributed by atoms with Crippen molar-refractivity contribution >= 4 is 23.4 Å². The number of carbonyl (C=O) groups is 1. The molecule has 0 N–H and O–H groups in total. The molecule has 1 aliphatic rings. The zero-order valence-electron chi connectivity index (χ0n) is 19.3. The van der Waals surface area contributed by atoms with Gasteiger partial charge in [0.1, 0.15) is 0 Å². The maximum atomic E-state index is 12.9. The Labute approximate surface area is 194 Å². The summed E-state index contributed by atoms with van der Waals surface area (Å²) in [6.07, 6.45) is 2.24. The predicted octanol–water partition coefficient (Wildman–Crippen LogP) is 4.28. The molecular formula is C25H31N5OS. The van der Waals surface area contributed by atoms with Crippen LogP contribution < -0.4 is 4.90 Å². The lowest BCUT2D eigenvalue weighted by Gasteiger charge is -2.36. The average molecular weight is 450 g/mol. The summed E-state index contributed by atoms with van der Waals surface area (Å²) >= 11 is 1.84. The minimum Gasteiger partial charge on any atom is -0.365 e. The summed E-state index contributed by atoms with van der Waals surface area (Å²) in [7, 11) is 0. The zero-order valence-corrected chi connectivity index (χ0v) is 20.1. The number of piperazine rings is 1. The maximum Gasteiger partial charge on any atom is 0.227 e. The first-order valence-electron chi connectivity index (χ1n) is 11.2. The van der Waals surface area contributed by atoms with Gasteiger partial charge in [-0.05, 0) is 43.7 Å². The summed E-state index contributed by atoms with van der Waals surface area (Å²) in [5, 5.41) is 5.28. The molecule has 0 unspecified atom stereocenters. The number of hydrogen-bond acceptors (Lipinski definition) is 5. The third-order valence-electron chi connectivity index (χ3n) is 5.72. The van der Waals surface area contributed by atoms with Crippen LogP contribution >= 0.6 is 11.8 Å². The van der Waals surface area contributed by atoms with Gasteiger partial charge in [0.15, 0.2) is 5.82 Å². The van der Waals surface area contributed by atoms with E-state index in [-0.39, 0.29) is 5.91 Å². The van der Waals surface area contributed by atoms with E-state index in [0.29, 0.717) is 11.7 Å². The number of aryl methyl sites for hydroxylation is 1. The van der Waals surface area contributed by atoms with Crippen LogP contribution in [0, 0.1) is 13.8 Å². The molecule has 1 amide bonds. The second-order valence-electron chi connectivity index (χ2n) is 8.47. The molecular weight excluding hydrogens is 418 g/mol. The Bertz CT molecular complexity index is 1050. The lowest BCUT2D eigenvalue weighted by Crippen LogP contribution is -2.49. The van der Waals surface area contributed by atoms with E-state index in [4.69, 9.17) is 5.10 Å². The Balaban J connectivity index is 1.37. The summed E-state index contributed by atoms with van der Waals surface area (Å²) in [5.41, 5.74) is 4.31. The summed E-state index contributed by atoms with van der Waals surface area (Å²) in [5.74, 6) is 1.03. The fraction of sp³-hybridized carbons (Fsp3) is 0.400. The van der Waals surface area contributed by atoms with Crippen LogP contribution in [0.2, 0.25) is 0 Å². The summed E-state index contributed by atoms with van der Waals surface area (Å²) in [6.45, 7) is 11.6. The van der Waals surface area contributed by atoms with Crippen molar-refractivity contribution in [2.45, 2.75) is 44.3 Å². The van der Waals surface area contributed by atoms with Crippen LogP contribution in [0.4, 0.5) is 5.69 Å². The van der Waals surface area contributed by atoms with Crippen LogP contribution in [-0.2, 0) is 11.2 Å². The summed E-state index contributed by atoms with van der Waals surface area (Å²) in [6, 6.07) is 14.2. The largest absolute Gasteiger partial charge is 0.365 e. The van der Waals surface area contributed by atoms with Crippen molar-refractivity contribution in [3.05, 3.63) is 65.6 Å². The molecule has 1 aliphatic heterocycles. The maximum absolute atomic E-state index is 12.9. The lowest BCUT2D eigenvalue weighted by atomic mass is 10.1. The van der Waals surface area contributed by atoms with Crippen molar-refractivity contribution in [3.8, 4) is 5.82 Å². The Morgan fingerprint density at radius 2 is 1.75 bits per heavy atom. The molecule has 1 fully saturated rings. The molecule has 2 aromatic heterocycles. The molecule has 7 heteroatoms. The molecule has 1 aromatic carbocycles. The van der Waals surface area contributed by atoms with Crippen LogP contribution in [-0.4, -0.2) is 57.0 Å². The monoisotopic (exact) mass is 449 g/mol. The number of rotatable bonds is 6. The fourth-order valence-corrected chi connectivity index (χ4v) is 5.06. The quantitative estimate of drug-likeness (QED) is 0.526. The van der Waals surface area contributed by atoms with Gasteiger partial charge in [0.25, 0.3) is 0 Å². The van der Waals surface area contributed by atoms with E-state index in [2.05, 4.69) is 54.9 Å². The van der Waals surface area contributed by atoms with Gasteiger partial charge >= 0.3 is 0 Å². The molecule has 168 valence electrons. The van der Waals surface area contributed by atoms with Gasteiger partial charge in [0, 0.05) is 42.5 Å². The van der Waals surface area contributed by atoms with Gasteiger partial charge in [-0.2, -0.15) is 5.10 Å². The Morgan fingerprint density at radius 1 is 1.03 bits per heavy atom. The van der Waals surface area contributed by atoms with E-state index < -0.39 is 0 Å². The number of carbonyl (C=O) groups excluding carboxylic acids is 1. The Hall–Kier alpha value is -2.80. The number of anilines is 1. The van der Waals surface area contributed by atoms with Crippen molar-refractivity contribution < 1.29 is 4.79 Å². The highest BCUT2D eigenvalue weighted by Gasteiger charge is 2.25. The van der Waals surface area contributed by atoms with Gasteiger partial charge in [0.05, 0.1) is 23.5 Å². The minimum absolute atomic E-state index is 0.200. The number of benzene rings is 1. The number of pyridine rings is 1. The van der Waals surface area contributed by atoms with Crippen LogP contribution in [0.3, 0.4) is 0 Å². The normalized spacial score (nSPS) is 14.3. The van der Waals surface area contributed by atoms with Crippen LogP contribution in [0.5, 0.6) is 0 Å². The first-order chi connectivity index (χ1) is 15.4. The van der Waals surface area contributed by atoms with Crippen molar-refractivity contribution in [3.63, 3.8) is 0 Å². The first-order valence-corrected chi connectivity index (χ1v) is 12.1. The highest BCUT2D eigenvalue weighted by Crippen LogP contribution is 2.27. The van der Waals surface area contributed by atoms with Crippen LogP contribution in [0.15, 0.2) is 53.6 Å². The number of aromatic nitrogens is 3. The van der Waals surface area contributed by atoms with E-state index >= 15 is 0 Å². The number of nitrogens with zero attached hydrogens (tertiary/aromatic N) is 5. The molecule has 0 saturated carbocycles. The SMILES string of the molecule is Cc1nn(-c2ccccn2)c(C)c1N1CCN(C(=O)Cc2ccc(SC(C)C)cc2)CC1. The highest BCUT2D eigenvalue weighted by molar-refractivity contribution is 7.99. The van der Waals surface area contributed by atoms with Crippen molar-refractivity contribution in [1.82, 2.24) is 19.7 Å².